The minimum absolute atomic E-state index is 0.00833. The molecule has 0 saturated carbocycles. The van der Waals surface area contributed by atoms with Crippen LogP contribution in [-0.4, -0.2) is 59.2 Å². The maximum atomic E-state index is 15.2. The fourth-order valence-corrected chi connectivity index (χ4v) is 5.35. The summed E-state index contributed by atoms with van der Waals surface area (Å²) in [6.07, 6.45) is 0.254. The Hall–Kier alpha value is -4.50. The van der Waals surface area contributed by atoms with Gasteiger partial charge in [-0.05, 0) is 104 Å². The van der Waals surface area contributed by atoms with Crippen molar-refractivity contribution in [2.75, 3.05) is 19.6 Å². The molecule has 1 fully saturated rings. The number of nitrogens with one attached hydrogen (secondary N) is 2. The summed E-state index contributed by atoms with van der Waals surface area (Å²) in [6, 6.07) is 1.83. The summed E-state index contributed by atoms with van der Waals surface area (Å²) < 4.78 is 58.4. The van der Waals surface area contributed by atoms with Crippen molar-refractivity contribution >= 4 is 23.5 Å². The molecule has 0 aliphatic carbocycles. The van der Waals surface area contributed by atoms with Crippen molar-refractivity contribution in [1.82, 2.24) is 15.5 Å². The fraction of sp³-hybridized carbons (Fsp3) is 0.394. The van der Waals surface area contributed by atoms with E-state index < -0.39 is 65.1 Å². The van der Waals surface area contributed by atoms with Gasteiger partial charge in [0, 0.05) is 12.1 Å². The smallest absolute Gasteiger partial charge is 0.305 e. The zero-order chi connectivity index (χ0) is 33.0. The van der Waals surface area contributed by atoms with E-state index in [9.17, 15) is 32.7 Å². The van der Waals surface area contributed by atoms with E-state index in [0.717, 1.165) is 25.6 Å². The molecule has 2 heterocycles. The first-order valence-corrected chi connectivity index (χ1v) is 14.5. The lowest BCUT2D eigenvalue weighted by atomic mass is 9.91. The number of rotatable bonds is 12. The van der Waals surface area contributed by atoms with Gasteiger partial charge in [0.15, 0.2) is 23.2 Å². The van der Waals surface area contributed by atoms with Crippen molar-refractivity contribution in [2.24, 2.45) is 10.9 Å². The van der Waals surface area contributed by atoms with Crippen LogP contribution in [0.25, 0.3) is 11.1 Å². The van der Waals surface area contributed by atoms with Crippen molar-refractivity contribution in [2.45, 2.75) is 59.0 Å². The number of carboxylic acid groups (broad SMARTS) is 1. The predicted molar refractivity (Wildman–Crippen MR) is 159 cm³/mol. The normalized spacial score (nSPS) is 15.9. The lowest BCUT2D eigenvalue weighted by molar-refractivity contribution is -0.138. The molecule has 2 aromatic carbocycles. The zero-order valence-corrected chi connectivity index (χ0v) is 25.4. The molecule has 4 rings (SSSR count). The third-order valence-electron chi connectivity index (χ3n) is 7.57. The van der Waals surface area contributed by atoms with Crippen LogP contribution in [0.15, 0.2) is 52.2 Å². The lowest BCUT2D eigenvalue weighted by Gasteiger charge is -2.30. The number of carbonyl (C=O) groups excluding carboxylic acids is 2. The molecule has 2 atom stereocenters. The van der Waals surface area contributed by atoms with E-state index in [1.165, 1.54) is 18.2 Å². The standard InChI is InChI=1S/C33H34F4N4O4/c1-17(2)10-27(40-32(44)25-7-6-23(35)28(38-25)16-41-8-5-9-41)33(45)39-26(15-29(42)43)22-13-20(14-24(36)31(22)37)30-18(3)11-21(34)12-19(30)4/h11-14,17,26-27H,5,8-10,15-16H2,1-4H3,(H,39,45)(H,40,44)(H,42,43)/t26-,27-/m0/s1. The molecule has 1 saturated heterocycles. The van der Waals surface area contributed by atoms with Crippen LogP contribution in [0.2, 0.25) is 0 Å². The maximum Gasteiger partial charge on any atom is 0.305 e. The summed E-state index contributed by atoms with van der Waals surface area (Å²) in [4.78, 5) is 44.5. The SMILES string of the molecule is Cc1cc(F)cc(C)c1-c1cc(F)c(F)c([C@H](CC(=O)O)NC(=O)[C@H](CC(C)C)NC(=O)C2=C=C=C(F)C(CN3CCC3)=N2)c1. The summed E-state index contributed by atoms with van der Waals surface area (Å²) in [6.45, 7) is 8.49. The van der Waals surface area contributed by atoms with Crippen molar-refractivity contribution in [3.05, 3.63) is 81.4 Å². The van der Waals surface area contributed by atoms with Gasteiger partial charge in [-0.2, -0.15) is 4.39 Å². The first-order valence-electron chi connectivity index (χ1n) is 14.5. The highest BCUT2D eigenvalue weighted by molar-refractivity contribution is 6.06. The third kappa shape index (κ3) is 8.16. The highest BCUT2D eigenvalue weighted by Gasteiger charge is 2.30. The van der Waals surface area contributed by atoms with Crippen molar-refractivity contribution < 1.29 is 37.1 Å². The minimum atomic E-state index is -1.54. The second-order valence-corrected chi connectivity index (χ2v) is 11.7. The van der Waals surface area contributed by atoms with Crippen LogP contribution in [-0.2, 0) is 14.4 Å². The fourth-order valence-electron chi connectivity index (χ4n) is 5.35. The van der Waals surface area contributed by atoms with Crippen LogP contribution < -0.4 is 10.6 Å². The van der Waals surface area contributed by atoms with Gasteiger partial charge in [0.25, 0.3) is 5.91 Å². The van der Waals surface area contributed by atoms with Gasteiger partial charge in [-0.25, -0.2) is 18.2 Å². The van der Waals surface area contributed by atoms with Gasteiger partial charge >= 0.3 is 5.97 Å². The molecule has 0 bridgehead atoms. The molecule has 12 heteroatoms. The Morgan fingerprint density at radius 1 is 1.00 bits per heavy atom. The van der Waals surface area contributed by atoms with Gasteiger partial charge in [-0.1, -0.05) is 13.8 Å². The van der Waals surface area contributed by atoms with Crippen LogP contribution in [0.5, 0.6) is 0 Å². The average Bonchev–Trinajstić information content (AvgIpc) is 2.91. The highest BCUT2D eigenvalue weighted by atomic mass is 19.2. The number of aliphatic carboxylic acids is 1. The van der Waals surface area contributed by atoms with Gasteiger partial charge in [-0.3, -0.25) is 19.3 Å². The molecule has 0 unspecified atom stereocenters. The molecular weight excluding hydrogens is 592 g/mol. The van der Waals surface area contributed by atoms with E-state index in [2.05, 4.69) is 27.1 Å². The molecule has 0 spiro atoms. The lowest BCUT2D eigenvalue weighted by Crippen LogP contribution is -2.49. The number of halogens is 4. The monoisotopic (exact) mass is 626 g/mol. The Morgan fingerprint density at radius 3 is 2.24 bits per heavy atom. The van der Waals surface area contributed by atoms with Gasteiger partial charge < -0.3 is 15.7 Å². The van der Waals surface area contributed by atoms with E-state index in [0.29, 0.717) is 16.7 Å². The second-order valence-electron chi connectivity index (χ2n) is 11.7. The number of hydrogen-bond donors (Lipinski definition) is 3. The van der Waals surface area contributed by atoms with Crippen molar-refractivity contribution in [1.29, 1.82) is 0 Å². The number of nitrogens with zero attached hydrogens (tertiary/aromatic N) is 2. The number of aryl methyl sites for hydroxylation is 2. The quantitative estimate of drug-likeness (QED) is 0.222. The molecule has 2 amide bonds. The minimum Gasteiger partial charge on any atom is -0.481 e. The van der Waals surface area contributed by atoms with Gasteiger partial charge in [-0.15, -0.1) is 0 Å². The first kappa shape index (κ1) is 33.4. The van der Waals surface area contributed by atoms with E-state index in [-0.39, 0.29) is 35.9 Å². The first-order chi connectivity index (χ1) is 21.2. The number of benzene rings is 2. The van der Waals surface area contributed by atoms with E-state index >= 15 is 4.39 Å². The molecule has 0 radical (unpaired) electrons. The zero-order valence-electron chi connectivity index (χ0n) is 25.4. The van der Waals surface area contributed by atoms with Crippen molar-refractivity contribution in [3.63, 3.8) is 0 Å². The average molecular weight is 627 g/mol. The molecule has 8 nitrogen and oxygen atoms in total. The second kappa shape index (κ2) is 14.1. The largest absolute Gasteiger partial charge is 0.481 e. The number of carbonyl (C=O) groups is 3. The number of likely N-dealkylation sites (tertiary alicyclic amines) is 1. The maximum absolute atomic E-state index is 15.2. The Morgan fingerprint density at radius 2 is 1.67 bits per heavy atom. The van der Waals surface area contributed by atoms with Crippen LogP contribution in [0.1, 0.15) is 55.8 Å². The van der Waals surface area contributed by atoms with Gasteiger partial charge in [0.1, 0.15) is 17.6 Å². The molecule has 3 N–H and O–H groups in total. The summed E-state index contributed by atoms with van der Waals surface area (Å²) >= 11 is 0. The Balaban J connectivity index is 1.63. The van der Waals surface area contributed by atoms with Gasteiger partial charge in [0.05, 0.1) is 12.5 Å². The van der Waals surface area contributed by atoms with Crippen LogP contribution in [0.3, 0.4) is 0 Å². The van der Waals surface area contributed by atoms with E-state index in [1.54, 1.807) is 27.7 Å². The molecule has 45 heavy (non-hydrogen) atoms. The summed E-state index contributed by atoms with van der Waals surface area (Å²) in [5, 5.41) is 14.6. The number of amides is 2. The number of aliphatic imine (C=N–C) groups is 1. The molecule has 2 aromatic rings. The molecule has 238 valence electrons. The third-order valence-corrected chi connectivity index (χ3v) is 7.57. The van der Waals surface area contributed by atoms with Gasteiger partial charge in [0.2, 0.25) is 5.91 Å². The predicted octanol–water partition coefficient (Wildman–Crippen LogP) is 5.20. The van der Waals surface area contributed by atoms with Crippen LogP contribution in [0, 0.1) is 37.2 Å². The number of hydrogen-bond acceptors (Lipinski definition) is 5. The van der Waals surface area contributed by atoms with E-state index in [4.69, 9.17) is 0 Å². The van der Waals surface area contributed by atoms with Crippen molar-refractivity contribution in [3.8, 4) is 11.1 Å². The Bertz CT molecular complexity index is 1650. The van der Waals surface area contributed by atoms with Crippen LogP contribution in [0.4, 0.5) is 17.6 Å². The summed E-state index contributed by atoms with van der Waals surface area (Å²) in [5.41, 5.74) is 5.38. The number of carboxylic acids is 1. The van der Waals surface area contributed by atoms with E-state index in [1.807, 2.05) is 4.90 Å². The summed E-state index contributed by atoms with van der Waals surface area (Å²) in [5.74, 6) is -7.13. The summed E-state index contributed by atoms with van der Waals surface area (Å²) in [7, 11) is 0. The Labute approximate surface area is 258 Å². The topological polar surface area (TPSA) is 111 Å². The molecule has 2 aliphatic heterocycles. The molecular formula is C33H34F4N4O4. The Kier molecular flexibility index (Phi) is 10.4. The molecule has 0 aromatic heterocycles. The molecule has 2 aliphatic rings. The highest BCUT2D eigenvalue weighted by Crippen LogP contribution is 2.33. The van der Waals surface area contributed by atoms with Crippen LogP contribution >= 0.6 is 0 Å².